The minimum Gasteiger partial charge on any atom is -0.453 e. The Morgan fingerprint density at radius 3 is 1.98 bits per heavy atom. The highest BCUT2D eigenvalue weighted by molar-refractivity contribution is 5.87. The molecule has 5 N–H and O–H groups in total. The summed E-state index contributed by atoms with van der Waals surface area (Å²) in [7, 11) is 2.45. The predicted molar refractivity (Wildman–Crippen MR) is 195 cm³/mol. The van der Waals surface area contributed by atoms with Gasteiger partial charge in [0, 0.05) is 24.8 Å². The normalized spacial score (nSPS) is 16.7. The molecule has 0 saturated heterocycles. The number of carbonyl (C=O) groups is 4. The molecule has 13 heteroatoms. The van der Waals surface area contributed by atoms with Gasteiger partial charge >= 0.3 is 12.2 Å². The van der Waals surface area contributed by atoms with Gasteiger partial charge in [-0.25, -0.2) is 14.6 Å². The van der Waals surface area contributed by atoms with E-state index in [0.717, 1.165) is 16.8 Å². The van der Waals surface area contributed by atoms with Crippen LogP contribution in [-0.2, 0) is 25.6 Å². The molecule has 2 aromatic rings. The summed E-state index contributed by atoms with van der Waals surface area (Å²) in [5.74, 6) is -0.974. The third-order valence-corrected chi connectivity index (χ3v) is 8.53. The van der Waals surface area contributed by atoms with Crippen molar-refractivity contribution in [1.82, 2.24) is 31.4 Å². The number of alkyl carbamates (subject to hydrolysis) is 2. The van der Waals surface area contributed by atoms with Crippen LogP contribution in [-0.4, -0.2) is 84.1 Å². The second kappa shape index (κ2) is 18.5. The molecular formula is C38H54N6O7. The standard InChI is InChI=1S/C38H54N6O7/c1-37(2,3)31(41-35(48)50-7)33(46)40-29(22-25-14-10-9-11-15-25)30(45)24-44(43-34(47)32(38(4,5)6)42-36(49)51-8)23-26-17-19-27(20-18-26)28-16-12-13-21-39-28/h9-14,16-21,25,29-32,45H,15,22-24H2,1-8H3,(H,40,46)(H,41,48)(H,42,49)(H,43,47)/t25?,29-,30?,31?,32?/m0/s1. The molecule has 1 aromatic heterocycles. The number of rotatable bonds is 14. The highest BCUT2D eigenvalue weighted by Gasteiger charge is 2.37. The first-order valence-corrected chi connectivity index (χ1v) is 17.1. The molecule has 0 radical (unpaired) electrons. The van der Waals surface area contributed by atoms with Gasteiger partial charge in [-0.15, -0.1) is 0 Å². The molecule has 0 aliphatic heterocycles. The van der Waals surface area contributed by atoms with Crippen molar-refractivity contribution < 1.29 is 33.8 Å². The first kappa shape index (κ1) is 40.7. The first-order chi connectivity index (χ1) is 24.0. The van der Waals surface area contributed by atoms with Gasteiger partial charge in [0.2, 0.25) is 5.91 Å². The first-order valence-electron chi connectivity index (χ1n) is 17.1. The van der Waals surface area contributed by atoms with Gasteiger partial charge in [0.1, 0.15) is 12.1 Å². The van der Waals surface area contributed by atoms with Gasteiger partial charge < -0.3 is 30.5 Å². The number of aliphatic hydroxyl groups excluding tert-OH is 1. The molecule has 4 unspecified atom stereocenters. The van der Waals surface area contributed by atoms with Crippen LogP contribution in [0.2, 0.25) is 0 Å². The third-order valence-electron chi connectivity index (χ3n) is 8.53. The summed E-state index contributed by atoms with van der Waals surface area (Å²) in [6.07, 6.45) is 8.06. The largest absolute Gasteiger partial charge is 0.453 e. The highest BCUT2D eigenvalue weighted by Crippen LogP contribution is 2.24. The van der Waals surface area contributed by atoms with Gasteiger partial charge in [-0.3, -0.25) is 20.0 Å². The molecule has 0 bridgehead atoms. The minimum absolute atomic E-state index is 0.0216. The summed E-state index contributed by atoms with van der Waals surface area (Å²) in [5, 5.41) is 21.7. The van der Waals surface area contributed by atoms with E-state index in [0.29, 0.717) is 12.8 Å². The molecule has 0 saturated carbocycles. The number of nitrogens with one attached hydrogen (secondary N) is 4. The number of ether oxygens (including phenoxy) is 2. The van der Waals surface area contributed by atoms with E-state index in [1.54, 1.807) is 11.2 Å². The molecule has 3 rings (SSSR count). The lowest BCUT2D eigenvalue weighted by Gasteiger charge is -2.36. The SMILES string of the molecule is COC(=O)NC(C(=O)N[C@@H](CC1C=CC=CC1)C(O)CN(Cc1ccc(-c2ccccn2)cc1)NC(=O)C(NC(=O)OC)C(C)(C)C)C(C)(C)C. The number of hydrogen-bond acceptors (Lipinski definition) is 9. The summed E-state index contributed by atoms with van der Waals surface area (Å²) in [5.41, 5.74) is 4.08. The minimum atomic E-state index is -1.18. The van der Waals surface area contributed by atoms with Crippen LogP contribution < -0.4 is 21.4 Å². The number of hydrogen-bond donors (Lipinski definition) is 5. The van der Waals surface area contributed by atoms with Crippen molar-refractivity contribution in [1.29, 1.82) is 0 Å². The number of nitrogens with zero attached hydrogens (tertiary/aromatic N) is 2. The number of pyridine rings is 1. The average Bonchev–Trinajstić information content (AvgIpc) is 3.08. The zero-order valence-corrected chi connectivity index (χ0v) is 30.9. The van der Waals surface area contributed by atoms with E-state index in [1.807, 2.05) is 108 Å². The monoisotopic (exact) mass is 706 g/mol. The smallest absolute Gasteiger partial charge is 0.407 e. The molecule has 51 heavy (non-hydrogen) atoms. The van der Waals surface area contributed by atoms with Crippen molar-refractivity contribution in [2.45, 2.75) is 85.2 Å². The number of carbonyl (C=O) groups excluding carboxylic acids is 4. The van der Waals surface area contributed by atoms with Gasteiger partial charge in [0.05, 0.1) is 32.1 Å². The van der Waals surface area contributed by atoms with Crippen LogP contribution in [0.25, 0.3) is 11.3 Å². The number of aromatic nitrogens is 1. The van der Waals surface area contributed by atoms with E-state index >= 15 is 0 Å². The predicted octanol–water partition coefficient (Wildman–Crippen LogP) is 4.49. The van der Waals surface area contributed by atoms with Crippen LogP contribution in [0, 0.1) is 16.7 Å². The lowest BCUT2D eigenvalue weighted by atomic mass is 9.85. The van der Waals surface area contributed by atoms with Gasteiger partial charge in [-0.05, 0) is 47.3 Å². The van der Waals surface area contributed by atoms with E-state index in [2.05, 4.69) is 26.4 Å². The van der Waals surface area contributed by atoms with Crippen molar-refractivity contribution >= 4 is 24.0 Å². The van der Waals surface area contributed by atoms with Crippen LogP contribution in [0.4, 0.5) is 9.59 Å². The van der Waals surface area contributed by atoms with Crippen LogP contribution in [0.15, 0.2) is 73.0 Å². The second-order valence-corrected chi connectivity index (χ2v) is 14.9. The zero-order chi connectivity index (χ0) is 37.8. The number of amides is 4. The average molecular weight is 707 g/mol. The highest BCUT2D eigenvalue weighted by atomic mass is 16.5. The maximum absolute atomic E-state index is 13.8. The summed E-state index contributed by atoms with van der Waals surface area (Å²) in [6.45, 7) is 11.0. The number of allylic oxidation sites excluding steroid dienone is 4. The number of hydrazine groups is 1. The van der Waals surface area contributed by atoms with Crippen molar-refractivity contribution in [3.8, 4) is 11.3 Å². The Balaban J connectivity index is 1.94. The zero-order valence-electron chi connectivity index (χ0n) is 30.9. The fourth-order valence-corrected chi connectivity index (χ4v) is 5.67. The molecule has 1 aliphatic rings. The molecule has 4 amide bonds. The molecule has 0 fully saturated rings. The Hall–Kier alpha value is -4.75. The lowest BCUT2D eigenvalue weighted by molar-refractivity contribution is -0.132. The summed E-state index contributed by atoms with van der Waals surface area (Å²) >= 11 is 0. The van der Waals surface area contributed by atoms with Crippen molar-refractivity contribution in [3.63, 3.8) is 0 Å². The number of methoxy groups -OCH3 is 2. The van der Waals surface area contributed by atoms with Crippen LogP contribution in [0.1, 0.15) is 59.9 Å². The Morgan fingerprint density at radius 1 is 0.863 bits per heavy atom. The quantitative estimate of drug-likeness (QED) is 0.178. The third kappa shape index (κ3) is 12.8. The second-order valence-electron chi connectivity index (χ2n) is 14.9. The molecule has 13 nitrogen and oxygen atoms in total. The topological polar surface area (TPSA) is 171 Å². The van der Waals surface area contributed by atoms with E-state index in [9.17, 15) is 24.3 Å². The summed E-state index contributed by atoms with van der Waals surface area (Å²) in [4.78, 5) is 56.4. The van der Waals surface area contributed by atoms with Crippen molar-refractivity contribution in [2.24, 2.45) is 16.7 Å². The van der Waals surface area contributed by atoms with Crippen LogP contribution in [0.3, 0.4) is 0 Å². The molecular weight excluding hydrogens is 652 g/mol. The van der Waals surface area contributed by atoms with Crippen molar-refractivity contribution in [2.75, 3.05) is 20.8 Å². The van der Waals surface area contributed by atoms with Gasteiger partial charge in [0.25, 0.3) is 5.91 Å². The summed E-state index contributed by atoms with van der Waals surface area (Å²) < 4.78 is 9.55. The van der Waals surface area contributed by atoms with Gasteiger partial charge in [-0.2, -0.15) is 0 Å². The Kier molecular flexibility index (Phi) is 14.7. The Bertz CT molecular complexity index is 1520. The maximum atomic E-state index is 13.8. The van der Waals surface area contributed by atoms with Crippen LogP contribution >= 0.6 is 0 Å². The van der Waals surface area contributed by atoms with Gasteiger partial charge in [-0.1, -0.05) is 96.2 Å². The fraction of sp³-hybridized carbons (Fsp3) is 0.500. The van der Waals surface area contributed by atoms with E-state index in [4.69, 9.17) is 9.47 Å². The molecule has 1 aliphatic carbocycles. The number of aliphatic hydroxyl groups is 1. The Labute approximate surface area is 301 Å². The van der Waals surface area contributed by atoms with Crippen molar-refractivity contribution in [3.05, 3.63) is 78.5 Å². The van der Waals surface area contributed by atoms with E-state index < -0.39 is 59.1 Å². The number of benzene rings is 1. The summed E-state index contributed by atoms with van der Waals surface area (Å²) in [6, 6.07) is 10.6. The van der Waals surface area contributed by atoms with Gasteiger partial charge in [0.15, 0.2) is 0 Å². The van der Waals surface area contributed by atoms with Crippen LogP contribution in [0.5, 0.6) is 0 Å². The fourth-order valence-electron chi connectivity index (χ4n) is 5.67. The maximum Gasteiger partial charge on any atom is 0.407 e. The molecule has 278 valence electrons. The van der Waals surface area contributed by atoms with E-state index in [1.165, 1.54) is 14.2 Å². The molecule has 0 spiro atoms. The van der Waals surface area contributed by atoms with E-state index in [-0.39, 0.29) is 19.0 Å². The lowest BCUT2D eigenvalue weighted by Crippen LogP contribution is -2.60. The Morgan fingerprint density at radius 2 is 1.47 bits per heavy atom. The molecule has 1 aromatic carbocycles. The molecule has 1 heterocycles. The molecule has 5 atom stereocenters.